The number of nitrogens with zero attached hydrogens (tertiary/aromatic N) is 1. The van der Waals surface area contributed by atoms with Crippen LogP contribution in [0.5, 0.6) is 0 Å². The summed E-state index contributed by atoms with van der Waals surface area (Å²) in [7, 11) is 0. The third-order valence-corrected chi connectivity index (χ3v) is 5.68. The van der Waals surface area contributed by atoms with Crippen LogP contribution in [0.15, 0.2) is 54.6 Å². The molecule has 0 spiro atoms. The lowest BCUT2D eigenvalue weighted by Crippen LogP contribution is -2.36. The van der Waals surface area contributed by atoms with Crippen LogP contribution < -0.4 is 5.32 Å². The SMILES string of the molecule is CCCCNC(=O)[C@H]1CN(C(=O)Cc2ccccc2)C[C@@H]1c1cccc(C(F)(F)F)c1. The Labute approximate surface area is 180 Å². The molecule has 4 nitrogen and oxygen atoms in total. The number of hydrogen-bond acceptors (Lipinski definition) is 2. The predicted octanol–water partition coefficient (Wildman–Crippen LogP) is 4.41. The van der Waals surface area contributed by atoms with E-state index in [1.807, 2.05) is 37.3 Å². The molecule has 3 rings (SSSR count). The van der Waals surface area contributed by atoms with Crippen molar-refractivity contribution in [1.29, 1.82) is 0 Å². The van der Waals surface area contributed by atoms with Crippen LogP contribution in [0.25, 0.3) is 0 Å². The minimum atomic E-state index is -4.46. The van der Waals surface area contributed by atoms with Gasteiger partial charge in [0.2, 0.25) is 11.8 Å². The van der Waals surface area contributed by atoms with Crippen molar-refractivity contribution in [3.05, 3.63) is 71.3 Å². The second kappa shape index (κ2) is 9.98. The molecule has 1 heterocycles. The Kier molecular flexibility index (Phi) is 7.36. The Morgan fingerprint density at radius 2 is 1.81 bits per heavy atom. The van der Waals surface area contributed by atoms with Gasteiger partial charge < -0.3 is 10.2 Å². The molecule has 0 unspecified atom stereocenters. The summed E-state index contributed by atoms with van der Waals surface area (Å²) in [5.41, 5.74) is 0.545. The van der Waals surface area contributed by atoms with Crippen molar-refractivity contribution in [1.82, 2.24) is 10.2 Å². The lowest BCUT2D eigenvalue weighted by molar-refractivity contribution is -0.137. The van der Waals surface area contributed by atoms with E-state index in [1.165, 1.54) is 6.07 Å². The normalized spacial score (nSPS) is 18.8. The molecule has 1 aliphatic heterocycles. The summed E-state index contributed by atoms with van der Waals surface area (Å²) in [6, 6.07) is 14.4. The third-order valence-electron chi connectivity index (χ3n) is 5.68. The first-order valence-corrected chi connectivity index (χ1v) is 10.6. The zero-order valence-electron chi connectivity index (χ0n) is 17.5. The van der Waals surface area contributed by atoms with E-state index in [0.29, 0.717) is 12.1 Å². The largest absolute Gasteiger partial charge is 0.416 e. The fourth-order valence-corrected chi connectivity index (χ4v) is 3.96. The summed E-state index contributed by atoms with van der Waals surface area (Å²) in [6.07, 6.45) is -2.52. The summed E-state index contributed by atoms with van der Waals surface area (Å²) in [5.74, 6) is -1.42. The molecule has 1 saturated heterocycles. The smallest absolute Gasteiger partial charge is 0.356 e. The molecule has 31 heavy (non-hydrogen) atoms. The number of unbranched alkanes of at least 4 members (excludes halogenated alkanes) is 1. The highest BCUT2D eigenvalue weighted by molar-refractivity contribution is 5.84. The monoisotopic (exact) mass is 432 g/mol. The zero-order chi connectivity index (χ0) is 22.4. The quantitative estimate of drug-likeness (QED) is 0.659. The Morgan fingerprint density at radius 1 is 1.06 bits per heavy atom. The van der Waals surface area contributed by atoms with Crippen LogP contribution >= 0.6 is 0 Å². The highest BCUT2D eigenvalue weighted by Crippen LogP contribution is 2.36. The zero-order valence-corrected chi connectivity index (χ0v) is 17.5. The molecule has 0 radical (unpaired) electrons. The number of carbonyl (C=O) groups excluding carboxylic acids is 2. The summed E-state index contributed by atoms with van der Waals surface area (Å²) < 4.78 is 39.7. The van der Waals surface area contributed by atoms with Gasteiger partial charge in [0.25, 0.3) is 0 Å². The van der Waals surface area contributed by atoms with Crippen LogP contribution in [0.1, 0.15) is 42.4 Å². The maximum Gasteiger partial charge on any atom is 0.416 e. The van der Waals surface area contributed by atoms with Crippen molar-refractivity contribution in [2.45, 2.75) is 38.3 Å². The number of hydrogen-bond donors (Lipinski definition) is 1. The molecule has 0 aliphatic carbocycles. The van der Waals surface area contributed by atoms with Crippen LogP contribution in [0.3, 0.4) is 0 Å². The van der Waals surface area contributed by atoms with E-state index < -0.39 is 23.6 Å². The second-order valence-electron chi connectivity index (χ2n) is 7.94. The van der Waals surface area contributed by atoms with Crippen molar-refractivity contribution >= 4 is 11.8 Å². The molecule has 2 aromatic rings. The van der Waals surface area contributed by atoms with E-state index in [1.54, 1.807) is 11.0 Å². The number of nitrogens with one attached hydrogen (secondary N) is 1. The van der Waals surface area contributed by atoms with Crippen molar-refractivity contribution in [3.63, 3.8) is 0 Å². The molecule has 1 aliphatic rings. The summed E-state index contributed by atoms with van der Waals surface area (Å²) in [6.45, 7) is 2.94. The lowest BCUT2D eigenvalue weighted by atomic mass is 9.87. The summed E-state index contributed by atoms with van der Waals surface area (Å²) in [5, 5.41) is 2.88. The number of alkyl halides is 3. The van der Waals surface area contributed by atoms with Crippen LogP contribution in [-0.4, -0.2) is 36.3 Å². The lowest BCUT2D eigenvalue weighted by Gasteiger charge is -2.19. The molecule has 0 aromatic heterocycles. The maximum absolute atomic E-state index is 13.2. The van der Waals surface area contributed by atoms with Crippen LogP contribution in [0.2, 0.25) is 0 Å². The molecule has 166 valence electrons. The second-order valence-corrected chi connectivity index (χ2v) is 7.94. The minimum absolute atomic E-state index is 0.132. The molecule has 7 heteroatoms. The third kappa shape index (κ3) is 5.87. The standard InChI is InChI=1S/C24H27F3N2O2/c1-2-3-12-28-23(31)21-16-29(22(30)13-17-8-5-4-6-9-17)15-20(21)18-10-7-11-19(14-18)24(25,26)27/h4-11,14,20-21H,2-3,12-13,15-16H2,1H3,(H,28,31)/t20-,21+/m1/s1. The van der Waals surface area contributed by atoms with Crippen LogP contribution in [0, 0.1) is 5.92 Å². The Balaban J connectivity index is 1.82. The van der Waals surface area contributed by atoms with Gasteiger partial charge in [-0.3, -0.25) is 9.59 Å². The van der Waals surface area contributed by atoms with Crippen LogP contribution in [-0.2, 0) is 22.2 Å². The molecular formula is C24H27F3N2O2. The first-order chi connectivity index (χ1) is 14.8. The number of carbonyl (C=O) groups is 2. The van der Waals surface area contributed by atoms with Crippen molar-refractivity contribution in [2.24, 2.45) is 5.92 Å². The van der Waals surface area contributed by atoms with Gasteiger partial charge >= 0.3 is 6.18 Å². The number of halogens is 3. The van der Waals surface area contributed by atoms with Gasteiger partial charge in [0.1, 0.15) is 0 Å². The topological polar surface area (TPSA) is 49.4 Å². The molecule has 2 amide bonds. The van der Waals surface area contributed by atoms with Crippen LogP contribution in [0.4, 0.5) is 13.2 Å². The first-order valence-electron chi connectivity index (χ1n) is 10.6. The van der Waals surface area contributed by atoms with E-state index in [-0.39, 0.29) is 31.3 Å². The average molecular weight is 432 g/mol. The van der Waals surface area contributed by atoms with Gasteiger partial charge in [0.15, 0.2) is 0 Å². The predicted molar refractivity (Wildman–Crippen MR) is 112 cm³/mol. The minimum Gasteiger partial charge on any atom is -0.356 e. The molecule has 0 saturated carbocycles. The molecule has 1 N–H and O–H groups in total. The number of benzene rings is 2. The van der Waals surface area contributed by atoms with Gasteiger partial charge in [-0.05, 0) is 23.6 Å². The van der Waals surface area contributed by atoms with Gasteiger partial charge in [-0.2, -0.15) is 13.2 Å². The van der Waals surface area contributed by atoms with Crippen molar-refractivity contribution in [2.75, 3.05) is 19.6 Å². The van der Waals surface area contributed by atoms with E-state index >= 15 is 0 Å². The Bertz CT molecular complexity index is 899. The number of amides is 2. The van der Waals surface area contributed by atoms with Gasteiger partial charge in [-0.25, -0.2) is 0 Å². The van der Waals surface area contributed by atoms with Crippen molar-refractivity contribution < 1.29 is 22.8 Å². The van der Waals surface area contributed by atoms with Gasteiger partial charge in [-0.15, -0.1) is 0 Å². The molecule has 2 atom stereocenters. The summed E-state index contributed by atoms with van der Waals surface area (Å²) in [4.78, 5) is 27.3. The Hall–Kier alpha value is -2.83. The average Bonchev–Trinajstić information content (AvgIpc) is 3.20. The van der Waals surface area contributed by atoms with Gasteiger partial charge in [0, 0.05) is 25.6 Å². The van der Waals surface area contributed by atoms with E-state index in [2.05, 4.69) is 5.32 Å². The molecule has 0 bridgehead atoms. The molecule has 2 aromatic carbocycles. The van der Waals surface area contributed by atoms with E-state index in [4.69, 9.17) is 0 Å². The fourth-order valence-electron chi connectivity index (χ4n) is 3.96. The molecule has 1 fully saturated rings. The highest BCUT2D eigenvalue weighted by atomic mass is 19.4. The van der Waals surface area contributed by atoms with E-state index in [0.717, 1.165) is 30.5 Å². The first kappa shape index (κ1) is 22.8. The van der Waals surface area contributed by atoms with Gasteiger partial charge in [0.05, 0.1) is 17.9 Å². The fraction of sp³-hybridized carbons (Fsp3) is 0.417. The highest BCUT2D eigenvalue weighted by Gasteiger charge is 2.41. The molecular weight excluding hydrogens is 405 g/mol. The van der Waals surface area contributed by atoms with Crippen molar-refractivity contribution in [3.8, 4) is 0 Å². The number of rotatable bonds is 7. The van der Waals surface area contributed by atoms with E-state index in [9.17, 15) is 22.8 Å². The Morgan fingerprint density at radius 3 is 2.48 bits per heavy atom. The number of likely N-dealkylation sites (tertiary alicyclic amines) is 1. The summed E-state index contributed by atoms with van der Waals surface area (Å²) >= 11 is 0. The van der Waals surface area contributed by atoms with Gasteiger partial charge in [-0.1, -0.05) is 61.9 Å². The maximum atomic E-state index is 13.2.